The van der Waals surface area contributed by atoms with Crippen LogP contribution in [0, 0.1) is 5.82 Å². The highest BCUT2D eigenvalue weighted by Gasteiger charge is 2.19. The van der Waals surface area contributed by atoms with Gasteiger partial charge in [0.05, 0.1) is 0 Å². The molecular formula is C12H15ClFNO4S. The lowest BCUT2D eigenvalue weighted by atomic mass is 10.2. The lowest BCUT2D eigenvalue weighted by Gasteiger charge is -2.13. The summed E-state index contributed by atoms with van der Waals surface area (Å²) in [4.78, 5) is 11.0. The topological polar surface area (TPSA) is 72.5 Å². The number of rotatable bonds is 6. The number of amides is 1. The summed E-state index contributed by atoms with van der Waals surface area (Å²) in [5.74, 6) is -1.33. The Kier molecular flexibility index (Phi) is 5.76. The monoisotopic (exact) mass is 323 g/mol. The van der Waals surface area contributed by atoms with E-state index in [4.69, 9.17) is 15.4 Å². The molecule has 0 spiro atoms. The molecule has 0 bridgehead atoms. The van der Waals surface area contributed by atoms with E-state index >= 15 is 0 Å². The summed E-state index contributed by atoms with van der Waals surface area (Å²) < 4.78 is 40.7. The molecular weight excluding hydrogens is 309 g/mol. The van der Waals surface area contributed by atoms with E-state index in [1.807, 2.05) is 13.8 Å². The second-order valence-corrected chi connectivity index (χ2v) is 6.73. The lowest BCUT2D eigenvalue weighted by molar-refractivity contribution is -0.123. The van der Waals surface area contributed by atoms with E-state index in [-0.39, 0.29) is 18.4 Å². The number of halogens is 2. The second-order valence-electron chi connectivity index (χ2n) is 4.19. The van der Waals surface area contributed by atoms with E-state index in [9.17, 15) is 17.6 Å². The normalized spacial score (nSPS) is 12.8. The van der Waals surface area contributed by atoms with Gasteiger partial charge in [-0.05, 0) is 31.5 Å². The summed E-state index contributed by atoms with van der Waals surface area (Å²) in [5.41, 5.74) is 0. The van der Waals surface area contributed by atoms with Crippen LogP contribution >= 0.6 is 10.7 Å². The average molecular weight is 324 g/mol. The maximum Gasteiger partial charge on any atom is 0.265 e. The molecule has 1 rings (SSSR count). The molecule has 0 radical (unpaired) electrons. The van der Waals surface area contributed by atoms with Gasteiger partial charge in [0.15, 0.2) is 6.61 Å². The molecule has 8 heteroatoms. The molecule has 1 unspecified atom stereocenters. The van der Waals surface area contributed by atoms with Crippen LogP contribution in [0.15, 0.2) is 23.1 Å². The van der Waals surface area contributed by atoms with Crippen molar-refractivity contribution in [3.8, 4) is 5.75 Å². The molecule has 0 aliphatic rings. The van der Waals surface area contributed by atoms with Gasteiger partial charge in [-0.15, -0.1) is 0 Å². The van der Waals surface area contributed by atoms with Crippen molar-refractivity contribution >= 4 is 25.6 Å². The minimum absolute atomic E-state index is 0.0180. The molecule has 1 amide bonds. The fourth-order valence-electron chi connectivity index (χ4n) is 1.35. The largest absolute Gasteiger partial charge is 0.482 e. The third-order valence-corrected chi connectivity index (χ3v) is 3.89. The summed E-state index contributed by atoms with van der Waals surface area (Å²) in [6.45, 7) is 3.35. The summed E-state index contributed by atoms with van der Waals surface area (Å²) in [7, 11) is 1.03. The highest BCUT2D eigenvalue weighted by atomic mass is 35.7. The highest BCUT2D eigenvalue weighted by molar-refractivity contribution is 8.13. The molecule has 0 saturated heterocycles. The average Bonchev–Trinajstić information content (AvgIpc) is 2.36. The first-order valence-electron chi connectivity index (χ1n) is 5.90. The number of carbonyl (C=O) groups is 1. The first-order valence-corrected chi connectivity index (χ1v) is 8.21. The van der Waals surface area contributed by atoms with Crippen LogP contribution in [0.5, 0.6) is 5.75 Å². The number of carbonyl (C=O) groups excluding carboxylic acids is 1. The molecule has 112 valence electrons. The second kappa shape index (κ2) is 6.90. The van der Waals surface area contributed by atoms with Crippen molar-refractivity contribution < 1.29 is 22.3 Å². The van der Waals surface area contributed by atoms with Gasteiger partial charge in [-0.2, -0.15) is 0 Å². The molecule has 0 fully saturated rings. The van der Waals surface area contributed by atoms with Gasteiger partial charge in [0.2, 0.25) is 0 Å². The highest BCUT2D eigenvalue weighted by Crippen LogP contribution is 2.27. The Labute approximate surface area is 121 Å². The first-order chi connectivity index (χ1) is 9.24. The fourth-order valence-corrected chi connectivity index (χ4v) is 2.34. The Morgan fingerprint density at radius 2 is 2.15 bits per heavy atom. The third-order valence-electron chi connectivity index (χ3n) is 2.55. The number of hydrogen-bond acceptors (Lipinski definition) is 4. The predicted molar refractivity (Wildman–Crippen MR) is 72.8 cm³/mol. The molecule has 0 saturated carbocycles. The SMILES string of the molecule is CCC(C)NC(=O)COc1ccc(F)cc1S(=O)(=O)Cl. The van der Waals surface area contributed by atoms with Crippen molar-refractivity contribution in [1.29, 1.82) is 0 Å². The molecule has 20 heavy (non-hydrogen) atoms. The van der Waals surface area contributed by atoms with Gasteiger partial charge < -0.3 is 10.1 Å². The van der Waals surface area contributed by atoms with Gasteiger partial charge in [-0.1, -0.05) is 6.92 Å². The minimum atomic E-state index is -4.16. The number of nitrogens with one attached hydrogen (secondary N) is 1. The quantitative estimate of drug-likeness (QED) is 0.813. The van der Waals surface area contributed by atoms with Gasteiger partial charge in [-0.3, -0.25) is 4.79 Å². The molecule has 1 atom stereocenters. The van der Waals surface area contributed by atoms with Crippen LogP contribution in [0.1, 0.15) is 20.3 Å². The zero-order chi connectivity index (χ0) is 15.3. The zero-order valence-corrected chi connectivity index (χ0v) is 12.6. The molecule has 1 N–H and O–H groups in total. The molecule has 1 aromatic carbocycles. The van der Waals surface area contributed by atoms with Crippen molar-refractivity contribution in [3.05, 3.63) is 24.0 Å². The Bertz CT molecular complexity index is 591. The van der Waals surface area contributed by atoms with E-state index < -0.39 is 25.7 Å². The van der Waals surface area contributed by atoms with Gasteiger partial charge in [0.25, 0.3) is 15.0 Å². The summed E-state index contributed by atoms with van der Waals surface area (Å²) in [6, 6.07) is 2.86. The molecule has 0 heterocycles. The minimum Gasteiger partial charge on any atom is -0.482 e. The molecule has 0 aliphatic heterocycles. The van der Waals surface area contributed by atoms with E-state index in [1.54, 1.807) is 0 Å². The van der Waals surface area contributed by atoms with E-state index in [0.717, 1.165) is 24.6 Å². The van der Waals surface area contributed by atoms with Crippen LogP contribution in [-0.4, -0.2) is 27.0 Å². The van der Waals surface area contributed by atoms with Crippen LogP contribution in [0.3, 0.4) is 0 Å². The van der Waals surface area contributed by atoms with Crippen LogP contribution in [0.4, 0.5) is 4.39 Å². The Hall–Kier alpha value is -1.34. The zero-order valence-electron chi connectivity index (χ0n) is 11.0. The Morgan fingerprint density at radius 3 is 2.70 bits per heavy atom. The van der Waals surface area contributed by atoms with E-state index in [0.29, 0.717) is 0 Å². The molecule has 0 aromatic heterocycles. The van der Waals surface area contributed by atoms with Crippen LogP contribution in [0.2, 0.25) is 0 Å². The number of ether oxygens (including phenoxy) is 1. The number of hydrogen-bond donors (Lipinski definition) is 1. The summed E-state index contributed by atoms with van der Waals surface area (Å²) in [5, 5.41) is 2.65. The summed E-state index contributed by atoms with van der Waals surface area (Å²) >= 11 is 0. The van der Waals surface area contributed by atoms with Crippen LogP contribution < -0.4 is 10.1 Å². The first kappa shape index (κ1) is 16.7. The Balaban J connectivity index is 2.81. The summed E-state index contributed by atoms with van der Waals surface area (Å²) in [6.07, 6.45) is 0.754. The lowest BCUT2D eigenvalue weighted by Crippen LogP contribution is -2.35. The van der Waals surface area contributed by atoms with Crippen molar-refractivity contribution in [3.63, 3.8) is 0 Å². The van der Waals surface area contributed by atoms with Gasteiger partial charge in [0, 0.05) is 16.7 Å². The standard InChI is InChI=1S/C12H15ClFNO4S/c1-3-8(2)15-12(16)7-19-10-5-4-9(14)6-11(10)20(13,17)18/h4-6,8H,3,7H2,1-2H3,(H,15,16). The van der Waals surface area contributed by atoms with Crippen LogP contribution in [-0.2, 0) is 13.8 Å². The van der Waals surface area contributed by atoms with E-state index in [1.165, 1.54) is 0 Å². The van der Waals surface area contributed by atoms with E-state index in [2.05, 4.69) is 5.32 Å². The molecule has 5 nitrogen and oxygen atoms in total. The van der Waals surface area contributed by atoms with Crippen molar-refractivity contribution in [2.24, 2.45) is 0 Å². The maximum absolute atomic E-state index is 13.0. The van der Waals surface area contributed by atoms with Crippen molar-refractivity contribution in [2.45, 2.75) is 31.2 Å². The van der Waals surface area contributed by atoms with Gasteiger partial charge in [-0.25, -0.2) is 12.8 Å². The van der Waals surface area contributed by atoms with Crippen LogP contribution in [0.25, 0.3) is 0 Å². The Morgan fingerprint density at radius 1 is 1.50 bits per heavy atom. The molecule has 0 aliphatic carbocycles. The smallest absolute Gasteiger partial charge is 0.265 e. The maximum atomic E-state index is 13.0. The predicted octanol–water partition coefficient (Wildman–Crippen LogP) is 2.05. The van der Waals surface area contributed by atoms with Gasteiger partial charge in [0.1, 0.15) is 16.5 Å². The third kappa shape index (κ3) is 4.97. The molecule has 1 aromatic rings. The van der Waals surface area contributed by atoms with Gasteiger partial charge >= 0.3 is 0 Å². The van der Waals surface area contributed by atoms with Crippen molar-refractivity contribution in [2.75, 3.05) is 6.61 Å². The number of benzene rings is 1. The van der Waals surface area contributed by atoms with Crippen molar-refractivity contribution in [1.82, 2.24) is 5.32 Å². The fraction of sp³-hybridized carbons (Fsp3) is 0.417.